The van der Waals surface area contributed by atoms with Gasteiger partial charge in [0.15, 0.2) is 0 Å². The van der Waals surface area contributed by atoms with E-state index in [9.17, 15) is 0 Å². The minimum Gasteiger partial charge on any atom is -0.0842 e. The second kappa shape index (κ2) is 3.60. The normalized spacial score (nSPS) is 29.4. The Morgan fingerprint density at radius 2 is 2.50 bits per heavy atom. The third-order valence-electron chi connectivity index (χ3n) is 2.29. The second-order valence-corrected chi connectivity index (χ2v) is 2.87. The van der Waals surface area contributed by atoms with E-state index in [1.54, 1.807) is 0 Å². The first-order valence-corrected chi connectivity index (χ1v) is 4.21. The fourth-order valence-electron chi connectivity index (χ4n) is 1.59. The van der Waals surface area contributed by atoms with Gasteiger partial charge in [0.05, 0.1) is 0 Å². The van der Waals surface area contributed by atoms with Crippen molar-refractivity contribution in [3.05, 3.63) is 23.8 Å². The Hall–Kier alpha value is -0.520. The van der Waals surface area contributed by atoms with Crippen LogP contribution in [0.2, 0.25) is 0 Å². The second-order valence-electron chi connectivity index (χ2n) is 2.87. The first-order valence-electron chi connectivity index (χ1n) is 4.21. The van der Waals surface area contributed by atoms with E-state index in [1.165, 1.54) is 24.8 Å². The van der Waals surface area contributed by atoms with Crippen molar-refractivity contribution < 1.29 is 0 Å². The van der Waals surface area contributed by atoms with Crippen molar-refractivity contribution in [2.45, 2.75) is 33.1 Å². The summed E-state index contributed by atoms with van der Waals surface area (Å²) in [7, 11) is 0. The molecular formula is C10H16. The summed E-state index contributed by atoms with van der Waals surface area (Å²) in [6, 6.07) is 0. The molecule has 10 heavy (non-hydrogen) atoms. The lowest BCUT2D eigenvalue weighted by Crippen LogP contribution is -2.03. The van der Waals surface area contributed by atoms with Gasteiger partial charge in [0.25, 0.3) is 0 Å². The van der Waals surface area contributed by atoms with Gasteiger partial charge in [-0.2, -0.15) is 0 Å². The molecule has 0 N–H and O–H groups in total. The van der Waals surface area contributed by atoms with E-state index in [-0.39, 0.29) is 0 Å². The van der Waals surface area contributed by atoms with E-state index >= 15 is 0 Å². The highest BCUT2D eigenvalue weighted by molar-refractivity contribution is 5.23. The molecule has 0 aromatic rings. The molecule has 1 unspecified atom stereocenters. The number of allylic oxidation sites excluding steroid dienone is 4. The van der Waals surface area contributed by atoms with E-state index in [1.807, 2.05) is 0 Å². The summed E-state index contributed by atoms with van der Waals surface area (Å²) in [5.41, 5.74) is 1.54. The molecule has 0 bridgehead atoms. The molecule has 1 rings (SSSR count). The van der Waals surface area contributed by atoms with Gasteiger partial charge in [0, 0.05) is 0 Å². The lowest BCUT2D eigenvalue weighted by molar-refractivity contribution is 0.545. The van der Waals surface area contributed by atoms with Gasteiger partial charge in [-0.15, -0.1) is 0 Å². The minimum absolute atomic E-state index is 0.843. The molecule has 0 aromatic heterocycles. The Kier molecular flexibility index (Phi) is 2.73. The molecule has 0 heterocycles. The quantitative estimate of drug-likeness (QED) is 0.518. The van der Waals surface area contributed by atoms with Crippen LogP contribution in [0.1, 0.15) is 33.1 Å². The Labute approximate surface area is 63.6 Å². The Bertz CT molecular complexity index is 151. The van der Waals surface area contributed by atoms with Crippen molar-refractivity contribution in [1.29, 1.82) is 0 Å². The summed E-state index contributed by atoms with van der Waals surface area (Å²) >= 11 is 0. The SMILES string of the molecule is CC=C1C=CCCC1CC. The van der Waals surface area contributed by atoms with Crippen LogP contribution in [-0.4, -0.2) is 0 Å². The number of hydrogen-bond donors (Lipinski definition) is 0. The summed E-state index contributed by atoms with van der Waals surface area (Å²) in [5, 5.41) is 0. The smallest absolute Gasteiger partial charge is 0.0165 e. The average molecular weight is 136 g/mol. The molecule has 56 valence electrons. The molecule has 0 nitrogen and oxygen atoms in total. The van der Waals surface area contributed by atoms with Crippen molar-refractivity contribution in [3.63, 3.8) is 0 Å². The maximum atomic E-state index is 2.28. The fraction of sp³-hybridized carbons (Fsp3) is 0.600. The van der Waals surface area contributed by atoms with E-state index in [0.29, 0.717) is 0 Å². The Morgan fingerprint density at radius 1 is 1.70 bits per heavy atom. The Morgan fingerprint density at radius 3 is 3.00 bits per heavy atom. The zero-order valence-corrected chi connectivity index (χ0v) is 6.93. The van der Waals surface area contributed by atoms with Gasteiger partial charge in [0.1, 0.15) is 0 Å². The molecular weight excluding hydrogens is 120 g/mol. The molecule has 0 fully saturated rings. The molecule has 0 aliphatic heterocycles. The molecule has 0 saturated heterocycles. The van der Waals surface area contributed by atoms with Crippen LogP contribution in [0.5, 0.6) is 0 Å². The fourth-order valence-corrected chi connectivity index (χ4v) is 1.59. The van der Waals surface area contributed by atoms with Crippen LogP contribution >= 0.6 is 0 Å². The first kappa shape index (κ1) is 7.59. The largest absolute Gasteiger partial charge is 0.0842 e. The number of hydrogen-bond acceptors (Lipinski definition) is 0. The van der Waals surface area contributed by atoms with Gasteiger partial charge in [-0.3, -0.25) is 0 Å². The molecule has 0 radical (unpaired) electrons. The van der Waals surface area contributed by atoms with Crippen molar-refractivity contribution >= 4 is 0 Å². The molecule has 0 aromatic carbocycles. The molecule has 0 saturated carbocycles. The summed E-state index contributed by atoms with van der Waals surface area (Å²) in [5.74, 6) is 0.843. The topological polar surface area (TPSA) is 0 Å². The molecule has 0 amide bonds. The van der Waals surface area contributed by atoms with Crippen LogP contribution in [0.25, 0.3) is 0 Å². The molecule has 1 atom stereocenters. The van der Waals surface area contributed by atoms with E-state index in [0.717, 1.165) is 5.92 Å². The van der Waals surface area contributed by atoms with Crippen molar-refractivity contribution in [3.8, 4) is 0 Å². The van der Waals surface area contributed by atoms with Crippen LogP contribution in [0.3, 0.4) is 0 Å². The van der Waals surface area contributed by atoms with Gasteiger partial charge in [0.2, 0.25) is 0 Å². The van der Waals surface area contributed by atoms with E-state index < -0.39 is 0 Å². The predicted molar refractivity (Wildman–Crippen MR) is 45.9 cm³/mol. The lowest BCUT2D eigenvalue weighted by Gasteiger charge is -2.18. The minimum atomic E-state index is 0.843. The molecule has 1 aliphatic rings. The van der Waals surface area contributed by atoms with Crippen molar-refractivity contribution in [2.75, 3.05) is 0 Å². The maximum absolute atomic E-state index is 2.28. The maximum Gasteiger partial charge on any atom is -0.0165 e. The first-order chi connectivity index (χ1) is 4.88. The monoisotopic (exact) mass is 136 g/mol. The third kappa shape index (κ3) is 1.50. The van der Waals surface area contributed by atoms with Crippen LogP contribution < -0.4 is 0 Å². The molecule has 1 aliphatic carbocycles. The van der Waals surface area contributed by atoms with Crippen LogP contribution in [0.15, 0.2) is 23.8 Å². The average Bonchev–Trinajstić information content (AvgIpc) is 2.04. The van der Waals surface area contributed by atoms with Crippen LogP contribution in [0.4, 0.5) is 0 Å². The highest BCUT2D eigenvalue weighted by Gasteiger charge is 2.10. The van der Waals surface area contributed by atoms with Crippen LogP contribution in [0, 0.1) is 5.92 Å². The van der Waals surface area contributed by atoms with Gasteiger partial charge in [-0.25, -0.2) is 0 Å². The highest BCUT2D eigenvalue weighted by atomic mass is 14.2. The van der Waals surface area contributed by atoms with Crippen molar-refractivity contribution in [1.82, 2.24) is 0 Å². The summed E-state index contributed by atoms with van der Waals surface area (Å²) < 4.78 is 0. The third-order valence-corrected chi connectivity index (χ3v) is 2.29. The molecule has 0 spiro atoms. The Balaban J connectivity index is 2.66. The summed E-state index contributed by atoms with van der Waals surface area (Å²) in [6.45, 7) is 4.40. The van der Waals surface area contributed by atoms with Gasteiger partial charge >= 0.3 is 0 Å². The van der Waals surface area contributed by atoms with Crippen LogP contribution in [-0.2, 0) is 0 Å². The van der Waals surface area contributed by atoms with Gasteiger partial charge in [-0.1, -0.05) is 25.2 Å². The molecule has 0 heteroatoms. The summed E-state index contributed by atoms with van der Waals surface area (Å²) in [4.78, 5) is 0. The zero-order chi connectivity index (χ0) is 7.40. The van der Waals surface area contributed by atoms with Gasteiger partial charge < -0.3 is 0 Å². The van der Waals surface area contributed by atoms with E-state index in [4.69, 9.17) is 0 Å². The highest BCUT2D eigenvalue weighted by Crippen LogP contribution is 2.26. The zero-order valence-electron chi connectivity index (χ0n) is 6.93. The van der Waals surface area contributed by atoms with E-state index in [2.05, 4.69) is 32.1 Å². The lowest BCUT2D eigenvalue weighted by atomic mass is 9.87. The van der Waals surface area contributed by atoms with Crippen molar-refractivity contribution in [2.24, 2.45) is 5.92 Å². The standard InChI is InChI=1S/C10H16/c1-3-9-7-5-6-8-10(9)4-2/h3,5,7,10H,4,6,8H2,1-2H3. The number of rotatable bonds is 1. The summed E-state index contributed by atoms with van der Waals surface area (Å²) in [6.07, 6.45) is 10.7. The van der Waals surface area contributed by atoms with Gasteiger partial charge in [-0.05, 0) is 37.7 Å². The predicted octanol–water partition coefficient (Wildman–Crippen LogP) is 3.31.